The van der Waals surface area contributed by atoms with E-state index in [0.29, 0.717) is 24.1 Å². The number of amides is 1. The number of rotatable bonds is 6. The number of aryl methyl sites for hydroxylation is 1. The number of fused-ring (bicyclic) bond motifs is 1. The van der Waals surface area contributed by atoms with E-state index < -0.39 is 0 Å². The molecule has 0 unspecified atom stereocenters. The third-order valence-corrected chi connectivity index (χ3v) is 4.90. The lowest BCUT2D eigenvalue weighted by molar-refractivity contribution is -0.134. The largest absolute Gasteiger partial charge is 0.376 e. The normalized spacial score (nSPS) is 16.5. The summed E-state index contributed by atoms with van der Waals surface area (Å²) >= 11 is 0. The van der Waals surface area contributed by atoms with E-state index in [9.17, 15) is 9.59 Å². The molecular formula is C19H22N6O3. The molecule has 0 radical (unpaired) electrons. The molecule has 3 aromatic rings. The van der Waals surface area contributed by atoms with Crippen LogP contribution in [-0.2, 0) is 29.7 Å². The lowest BCUT2D eigenvalue weighted by Gasteiger charge is -2.25. The van der Waals surface area contributed by atoms with Crippen molar-refractivity contribution in [3.05, 3.63) is 53.0 Å². The molecule has 9 nitrogen and oxygen atoms in total. The summed E-state index contributed by atoms with van der Waals surface area (Å²) < 4.78 is 8.56. The lowest BCUT2D eigenvalue weighted by Crippen LogP contribution is -2.40. The van der Waals surface area contributed by atoms with Gasteiger partial charge in [0.1, 0.15) is 18.3 Å². The van der Waals surface area contributed by atoms with E-state index in [0.717, 1.165) is 25.1 Å². The van der Waals surface area contributed by atoms with Gasteiger partial charge >= 0.3 is 0 Å². The maximum absolute atomic E-state index is 13.0. The number of carbonyl (C=O) groups is 1. The van der Waals surface area contributed by atoms with Crippen molar-refractivity contribution in [1.82, 2.24) is 29.2 Å². The third kappa shape index (κ3) is 3.79. The van der Waals surface area contributed by atoms with Gasteiger partial charge in [-0.3, -0.25) is 23.8 Å². The Bertz CT molecular complexity index is 1020. The third-order valence-electron chi connectivity index (χ3n) is 4.90. The minimum atomic E-state index is -0.277. The van der Waals surface area contributed by atoms with Crippen LogP contribution in [0.1, 0.15) is 18.5 Å². The molecule has 1 aliphatic heterocycles. The molecule has 0 aromatic carbocycles. The molecule has 1 saturated heterocycles. The van der Waals surface area contributed by atoms with Gasteiger partial charge in [-0.15, -0.1) is 0 Å². The first-order chi connectivity index (χ1) is 13.6. The zero-order chi connectivity index (χ0) is 19.5. The summed E-state index contributed by atoms with van der Waals surface area (Å²) in [4.78, 5) is 36.0. The summed E-state index contributed by atoms with van der Waals surface area (Å²) in [5.74, 6) is -0.173. The molecule has 0 N–H and O–H groups in total. The molecule has 28 heavy (non-hydrogen) atoms. The Morgan fingerprint density at radius 3 is 3.00 bits per heavy atom. The average Bonchev–Trinajstić information content (AvgIpc) is 3.34. The van der Waals surface area contributed by atoms with Crippen LogP contribution >= 0.6 is 0 Å². The van der Waals surface area contributed by atoms with E-state index in [2.05, 4.69) is 15.1 Å². The van der Waals surface area contributed by atoms with Crippen molar-refractivity contribution in [2.24, 2.45) is 7.05 Å². The highest BCUT2D eigenvalue weighted by Crippen LogP contribution is 2.15. The topological polar surface area (TPSA) is 95.1 Å². The van der Waals surface area contributed by atoms with Crippen LogP contribution in [0.15, 0.2) is 41.7 Å². The van der Waals surface area contributed by atoms with Crippen molar-refractivity contribution in [2.75, 3.05) is 13.2 Å². The molecule has 0 spiro atoms. The molecule has 1 atom stereocenters. The first kappa shape index (κ1) is 18.3. The van der Waals surface area contributed by atoms with Crippen LogP contribution in [-0.4, -0.2) is 54.4 Å². The molecular weight excluding hydrogens is 360 g/mol. The van der Waals surface area contributed by atoms with Crippen LogP contribution in [0, 0.1) is 0 Å². The number of nitrogens with zero attached hydrogens (tertiary/aromatic N) is 6. The number of ether oxygens (including phenoxy) is 1. The quantitative estimate of drug-likeness (QED) is 0.624. The maximum atomic E-state index is 13.0. The first-order valence-electron chi connectivity index (χ1n) is 9.28. The minimum Gasteiger partial charge on any atom is -0.376 e. The standard InChI is InChI=1S/C19H22N6O3/c1-23-18-16(9-22-23)19(27)25(13-21-18)12-17(26)24(11-15-6-4-8-28-15)10-14-5-2-3-7-20-14/h2-3,5,7,9,13,15H,4,6,8,10-12H2,1H3/t15-/m0/s1. The van der Waals surface area contributed by atoms with Gasteiger partial charge in [0.15, 0.2) is 5.65 Å². The van der Waals surface area contributed by atoms with Gasteiger partial charge in [0.2, 0.25) is 5.91 Å². The SMILES string of the molecule is Cn1ncc2c(=O)n(CC(=O)N(Cc3ccccn3)C[C@@H]3CCCO3)cnc21. The van der Waals surface area contributed by atoms with Gasteiger partial charge in [-0.2, -0.15) is 5.10 Å². The Labute approximate surface area is 161 Å². The summed E-state index contributed by atoms with van der Waals surface area (Å²) in [5, 5.41) is 4.45. The molecule has 0 aliphatic carbocycles. The number of hydrogen-bond donors (Lipinski definition) is 0. The van der Waals surface area contributed by atoms with Crippen molar-refractivity contribution in [1.29, 1.82) is 0 Å². The lowest BCUT2D eigenvalue weighted by atomic mass is 10.2. The smallest absolute Gasteiger partial charge is 0.264 e. The summed E-state index contributed by atoms with van der Waals surface area (Å²) in [6, 6.07) is 5.61. The molecule has 4 heterocycles. The van der Waals surface area contributed by atoms with Gasteiger partial charge in [-0.1, -0.05) is 6.07 Å². The zero-order valence-corrected chi connectivity index (χ0v) is 15.7. The summed E-state index contributed by atoms with van der Waals surface area (Å²) in [5.41, 5.74) is 1.02. The van der Waals surface area contributed by atoms with E-state index in [4.69, 9.17) is 4.74 Å². The molecule has 3 aromatic heterocycles. The van der Waals surface area contributed by atoms with Crippen molar-refractivity contribution in [3.63, 3.8) is 0 Å². The highest BCUT2D eigenvalue weighted by Gasteiger charge is 2.24. The monoisotopic (exact) mass is 382 g/mol. The van der Waals surface area contributed by atoms with Crippen LogP contribution in [0.2, 0.25) is 0 Å². The Morgan fingerprint density at radius 1 is 1.36 bits per heavy atom. The second-order valence-corrected chi connectivity index (χ2v) is 6.91. The van der Waals surface area contributed by atoms with Crippen molar-refractivity contribution < 1.29 is 9.53 Å². The molecule has 1 fully saturated rings. The maximum Gasteiger partial charge on any atom is 0.264 e. The molecule has 146 valence electrons. The predicted octanol–water partition coefficient (Wildman–Crippen LogP) is 0.733. The summed E-state index contributed by atoms with van der Waals surface area (Å²) in [6.07, 6.45) is 6.52. The van der Waals surface area contributed by atoms with E-state index in [1.54, 1.807) is 18.1 Å². The number of pyridine rings is 1. The van der Waals surface area contributed by atoms with E-state index >= 15 is 0 Å². The first-order valence-corrected chi connectivity index (χ1v) is 9.28. The molecule has 1 aliphatic rings. The molecule has 0 saturated carbocycles. The number of aromatic nitrogens is 5. The van der Waals surface area contributed by atoms with Crippen LogP contribution in [0.25, 0.3) is 11.0 Å². The number of hydrogen-bond acceptors (Lipinski definition) is 6. The molecule has 4 rings (SSSR count). The van der Waals surface area contributed by atoms with Crippen molar-refractivity contribution >= 4 is 16.9 Å². The molecule has 0 bridgehead atoms. The Kier molecular flexibility index (Phi) is 5.16. The second kappa shape index (κ2) is 7.89. The highest BCUT2D eigenvalue weighted by molar-refractivity contribution is 5.77. The van der Waals surface area contributed by atoms with E-state index in [1.807, 2.05) is 18.2 Å². The van der Waals surface area contributed by atoms with Crippen LogP contribution < -0.4 is 5.56 Å². The highest BCUT2D eigenvalue weighted by atomic mass is 16.5. The van der Waals surface area contributed by atoms with Crippen LogP contribution in [0.4, 0.5) is 0 Å². The van der Waals surface area contributed by atoms with Gasteiger partial charge < -0.3 is 9.64 Å². The minimum absolute atomic E-state index is 0.0170. The van der Waals surface area contributed by atoms with Gasteiger partial charge in [-0.05, 0) is 25.0 Å². The fourth-order valence-electron chi connectivity index (χ4n) is 3.40. The van der Waals surface area contributed by atoms with Gasteiger partial charge in [0.25, 0.3) is 5.56 Å². The summed E-state index contributed by atoms with van der Waals surface area (Å²) in [6.45, 7) is 1.48. The average molecular weight is 382 g/mol. The van der Waals surface area contributed by atoms with Gasteiger partial charge in [0.05, 0.1) is 24.5 Å². The van der Waals surface area contributed by atoms with Crippen molar-refractivity contribution in [2.45, 2.75) is 32.0 Å². The van der Waals surface area contributed by atoms with Crippen LogP contribution in [0.3, 0.4) is 0 Å². The van der Waals surface area contributed by atoms with E-state index in [-0.39, 0.29) is 24.1 Å². The molecule has 9 heteroatoms. The fraction of sp³-hybridized carbons (Fsp3) is 0.421. The zero-order valence-electron chi connectivity index (χ0n) is 15.7. The summed E-state index contributed by atoms with van der Waals surface area (Å²) in [7, 11) is 1.72. The predicted molar refractivity (Wildman–Crippen MR) is 101 cm³/mol. The Balaban J connectivity index is 1.56. The number of carbonyl (C=O) groups excluding carboxylic acids is 1. The Hall–Kier alpha value is -3.07. The fourth-order valence-corrected chi connectivity index (χ4v) is 3.40. The molecule has 1 amide bonds. The Morgan fingerprint density at radius 2 is 2.25 bits per heavy atom. The van der Waals surface area contributed by atoms with Gasteiger partial charge in [0, 0.05) is 26.4 Å². The van der Waals surface area contributed by atoms with Gasteiger partial charge in [-0.25, -0.2) is 4.98 Å². The second-order valence-electron chi connectivity index (χ2n) is 6.91. The van der Waals surface area contributed by atoms with E-state index in [1.165, 1.54) is 21.8 Å². The van der Waals surface area contributed by atoms with Crippen LogP contribution in [0.5, 0.6) is 0 Å². The van der Waals surface area contributed by atoms with Crippen molar-refractivity contribution in [3.8, 4) is 0 Å².